The third-order valence-corrected chi connectivity index (χ3v) is 3.56. The number of hydrogen-bond acceptors (Lipinski definition) is 4. The minimum absolute atomic E-state index is 0.588. The Hall–Kier alpha value is -2.69. The second kappa shape index (κ2) is 5.97. The van der Waals surface area contributed by atoms with Crippen molar-refractivity contribution in [2.45, 2.75) is 20.3 Å². The molecule has 3 rings (SSSR count). The van der Waals surface area contributed by atoms with Gasteiger partial charge in [0.05, 0.1) is 11.4 Å². The van der Waals surface area contributed by atoms with E-state index < -0.39 is 0 Å². The van der Waals surface area contributed by atoms with Crippen molar-refractivity contribution >= 4 is 11.6 Å². The lowest BCUT2D eigenvalue weighted by Crippen LogP contribution is -1.98. The van der Waals surface area contributed by atoms with Gasteiger partial charge in [-0.05, 0) is 37.1 Å². The quantitative estimate of drug-likeness (QED) is 0.800. The Balaban J connectivity index is 1.86. The van der Waals surface area contributed by atoms with E-state index in [1.807, 2.05) is 38.4 Å². The van der Waals surface area contributed by atoms with Crippen molar-refractivity contribution in [2.24, 2.45) is 7.05 Å². The van der Waals surface area contributed by atoms with E-state index in [0.717, 1.165) is 29.1 Å². The van der Waals surface area contributed by atoms with Crippen molar-refractivity contribution in [1.82, 2.24) is 19.7 Å². The predicted molar refractivity (Wildman–Crippen MR) is 88.1 cm³/mol. The molecule has 0 atom stereocenters. The Morgan fingerprint density at radius 3 is 2.55 bits per heavy atom. The summed E-state index contributed by atoms with van der Waals surface area (Å²) in [5.74, 6) is 0.588. The number of rotatable bonds is 4. The molecule has 0 aliphatic heterocycles. The summed E-state index contributed by atoms with van der Waals surface area (Å²) < 4.78 is 1.79. The van der Waals surface area contributed by atoms with Crippen LogP contribution < -0.4 is 5.32 Å². The van der Waals surface area contributed by atoms with Gasteiger partial charge in [0.15, 0.2) is 0 Å². The minimum Gasteiger partial charge on any atom is -0.324 e. The smallest absolute Gasteiger partial charge is 0.227 e. The number of nitrogens with one attached hydrogen (secondary N) is 1. The van der Waals surface area contributed by atoms with Gasteiger partial charge in [0, 0.05) is 30.7 Å². The molecule has 5 nitrogen and oxygen atoms in total. The highest BCUT2D eigenvalue weighted by atomic mass is 15.3. The van der Waals surface area contributed by atoms with E-state index in [2.05, 4.69) is 39.4 Å². The maximum atomic E-state index is 4.58. The van der Waals surface area contributed by atoms with Gasteiger partial charge in [0.25, 0.3) is 0 Å². The van der Waals surface area contributed by atoms with Crippen LogP contribution in [0.2, 0.25) is 0 Å². The first-order valence-corrected chi connectivity index (χ1v) is 7.35. The summed E-state index contributed by atoms with van der Waals surface area (Å²) in [7, 11) is 1.91. The molecule has 22 heavy (non-hydrogen) atoms. The molecule has 1 aromatic carbocycles. The van der Waals surface area contributed by atoms with Crippen molar-refractivity contribution in [3.63, 3.8) is 0 Å². The van der Waals surface area contributed by atoms with E-state index >= 15 is 0 Å². The van der Waals surface area contributed by atoms with Crippen LogP contribution in [0.25, 0.3) is 11.3 Å². The van der Waals surface area contributed by atoms with E-state index in [-0.39, 0.29) is 0 Å². The zero-order valence-corrected chi connectivity index (χ0v) is 13.0. The lowest BCUT2D eigenvalue weighted by atomic mass is 10.1. The molecule has 2 aromatic heterocycles. The summed E-state index contributed by atoms with van der Waals surface area (Å²) >= 11 is 0. The van der Waals surface area contributed by atoms with Gasteiger partial charge in [0.1, 0.15) is 0 Å². The molecule has 0 aliphatic rings. The largest absolute Gasteiger partial charge is 0.324 e. The standard InChI is InChI=1S/C17H19N5/c1-4-13-5-7-14(8-6-13)19-17-18-10-9-16(20-17)15-11-22(3)21-12(15)2/h5-11H,4H2,1-3H3,(H,18,19,20). The maximum Gasteiger partial charge on any atom is 0.227 e. The van der Waals surface area contributed by atoms with Gasteiger partial charge in [-0.15, -0.1) is 0 Å². The topological polar surface area (TPSA) is 55.6 Å². The zero-order chi connectivity index (χ0) is 15.5. The molecule has 1 N–H and O–H groups in total. The van der Waals surface area contributed by atoms with Crippen LogP contribution in [0.1, 0.15) is 18.2 Å². The molecule has 0 aliphatic carbocycles. The summed E-state index contributed by atoms with van der Waals surface area (Å²) in [6.45, 7) is 4.12. The van der Waals surface area contributed by atoms with Crippen molar-refractivity contribution in [1.29, 1.82) is 0 Å². The molecule has 0 bridgehead atoms. The highest BCUT2D eigenvalue weighted by Gasteiger charge is 2.08. The Kier molecular flexibility index (Phi) is 3.87. The van der Waals surface area contributed by atoms with E-state index in [0.29, 0.717) is 5.95 Å². The molecule has 0 spiro atoms. The van der Waals surface area contributed by atoms with Crippen LogP contribution >= 0.6 is 0 Å². The minimum atomic E-state index is 0.588. The summed E-state index contributed by atoms with van der Waals surface area (Å²) in [6.07, 6.45) is 4.77. The van der Waals surface area contributed by atoms with Crippen LogP contribution in [0, 0.1) is 6.92 Å². The molecule has 112 valence electrons. The highest BCUT2D eigenvalue weighted by molar-refractivity contribution is 5.63. The van der Waals surface area contributed by atoms with Gasteiger partial charge < -0.3 is 5.32 Å². The molecule has 2 heterocycles. The van der Waals surface area contributed by atoms with Crippen LogP contribution in [-0.4, -0.2) is 19.7 Å². The second-order valence-corrected chi connectivity index (χ2v) is 5.24. The molecule has 0 unspecified atom stereocenters. The molecule has 5 heteroatoms. The lowest BCUT2D eigenvalue weighted by Gasteiger charge is -2.07. The van der Waals surface area contributed by atoms with Crippen LogP contribution in [0.4, 0.5) is 11.6 Å². The molecular formula is C17H19N5. The fourth-order valence-electron chi connectivity index (χ4n) is 2.37. The van der Waals surface area contributed by atoms with E-state index in [1.54, 1.807) is 10.9 Å². The highest BCUT2D eigenvalue weighted by Crippen LogP contribution is 2.22. The Labute approximate surface area is 130 Å². The fourth-order valence-corrected chi connectivity index (χ4v) is 2.37. The van der Waals surface area contributed by atoms with Gasteiger partial charge in [0.2, 0.25) is 5.95 Å². The normalized spacial score (nSPS) is 10.7. The maximum absolute atomic E-state index is 4.58. The predicted octanol–water partition coefficient (Wildman–Crippen LogP) is 3.49. The number of aromatic nitrogens is 4. The fraction of sp³-hybridized carbons (Fsp3) is 0.235. The molecule has 0 radical (unpaired) electrons. The zero-order valence-electron chi connectivity index (χ0n) is 13.0. The number of aryl methyl sites for hydroxylation is 3. The monoisotopic (exact) mass is 293 g/mol. The van der Waals surface area contributed by atoms with Crippen LogP contribution in [0.5, 0.6) is 0 Å². The van der Waals surface area contributed by atoms with Gasteiger partial charge >= 0.3 is 0 Å². The Morgan fingerprint density at radius 2 is 1.91 bits per heavy atom. The van der Waals surface area contributed by atoms with Crippen molar-refractivity contribution < 1.29 is 0 Å². The van der Waals surface area contributed by atoms with Crippen molar-refractivity contribution in [3.8, 4) is 11.3 Å². The van der Waals surface area contributed by atoms with E-state index in [9.17, 15) is 0 Å². The number of benzene rings is 1. The summed E-state index contributed by atoms with van der Waals surface area (Å²) in [5, 5.41) is 7.60. The molecule has 0 fully saturated rings. The molecule has 0 amide bonds. The van der Waals surface area contributed by atoms with Gasteiger partial charge in [-0.3, -0.25) is 4.68 Å². The summed E-state index contributed by atoms with van der Waals surface area (Å²) in [4.78, 5) is 8.87. The molecule has 0 saturated carbocycles. The first-order valence-electron chi connectivity index (χ1n) is 7.35. The average Bonchev–Trinajstić information content (AvgIpc) is 2.87. The van der Waals surface area contributed by atoms with Crippen molar-refractivity contribution in [2.75, 3.05) is 5.32 Å². The summed E-state index contributed by atoms with van der Waals surface area (Å²) in [6, 6.07) is 10.2. The Morgan fingerprint density at radius 1 is 1.14 bits per heavy atom. The van der Waals surface area contributed by atoms with E-state index in [4.69, 9.17) is 0 Å². The van der Waals surface area contributed by atoms with Crippen LogP contribution in [0.3, 0.4) is 0 Å². The Bertz CT molecular complexity index is 774. The van der Waals surface area contributed by atoms with Crippen LogP contribution in [-0.2, 0) is 13.5 Å². The van der Waals surface area contributed by atoms with Gasteiger partial charge in [-0.25, -0.2) is 9.97 Å². The molecular weight excluding hydrogens is 274 g/mol. The number of hydrogen-bond donors (Lipinski definition) is 1. The first-order chi connectivity index (χ1) is 10.7. The summed E-state index contributed by atoms with van der Waals surface area (Å²) in [5.41, 5.74) is 5.14. The SMILES string of the molecule is CCc1ccc(Nc2nccc(-c3cn(C)nc3C)n2)cc1. The van der Waals surface area contributed by atoms with Gasteiger partial charge in [-0.1, -0.05) is 19.1 Å². The number of anilines is 2. The average molecular weight is 293 g/mol. The van der Waals surface area contributed by atoms with Gasteiger partial charge in [-0.2, -0.15) is 5.10 Å². The van der Waals surface area contributed by atoms with E-state index in [1.165, 1.54) is 5.56 Å². The third-order valence-electron chi connectivity index (χ3n) is 3.56. The van der Waals surface area contributed by atoms with Crippen molar-refractivity contribution in [3.05, 3.63) is 54.0 Å². The molecule has 0 saturated heterocycles. The lowest BCUT2D eigenvalue weighted by molar-refractivity contribution is 0.756. The molecule has 3 aromatic rings. The number of nitrogens with zero attached hydrogens (tertiary/aromatic N) is 4. The third kappa shape index (κ3) is 2.98. The second-order valence-electron chi connectivity index (χ2n) is 5.24. The van der Waals surface area contributed by atoms with Crippen LogP contribution in [0.15, 0.2) is 42.7 Å². The first kappa shape index (κ1) is 14.3.